The van der Waals surface area contributed by atoms with Crippen LogP contribution in [0.1, 0.15) is 18.4 Å². The molecule has 0 saturated carbocycles. The number of benzene rings is 1. The van der Waals surface area contributed by atoms with Crippen LogP contribution in [-0.2, 0) is 9.53 Å². The van der Waals surface area contributed by atoms with E-state index in [9.17, 15) is 4.79 Å². The van der Waals surface area contributed by atoms with Crippen LogP contribution < -0.4 is 10.6 Å². The van der Waals surface area contributed by atoms with E-state index in [-0.39, 0.29) is 11.8 Å². The highest BCUT2D eigenvalue weighted by molar-refractivity contribution is 5.96. The van der Waals surface area contributed by atoms with Crippen LogP contribution in [0, 0.1) is 12.8 Å². The van der Waals surface area contributed by atoms with E-state index < -0.39 is 6.04 Å². The van der Waals surface area contributed by atoms with Gasteiger partial charge >= 0.3 is 0 Å². The van der Waals surface area contributed by atoms with E-state index in [1.54, 1.807) is 11.9 Å². The Morgan fingerprint density at radius 1 is 1.32 bits per heavy atom. The third-order valence-corrected chi connectivity index (χ3v) is 3.81. The van der Waals surface area contributed by atoms with Gasteiger partial charge in [-0.2, -0.15) is 0 Å². The Morgan fingerprint density at radius 2 is 1.89 bits per heavy atom. The molecule has 1 aromatic carbocycles. The van der Waals surface area contributed by atoms with Gasteiger partial charge in [-0.05, 0) is 37.8 Å². The molecule has 1 amide bonds. The van der Waals surface area contributed by atoms with Crippen molar-refractivity contribution in [3.8, 4) is 0 Å². The van der Waals surface area contributed by atoms with E-state index in [1.165, 1.54) is 5.56 Å². The average Bonchev–Trinajstić information content (AvgIpc) is 2.46. The van der Waals surface area contributed by atoms with Crippen molar-refractivity contribution in [1.82, 2.24) is 0 Å². The predicted octanol–water partition coefficient (Wildman–Crippen LogP) is 1.71. The fraction of sp³-hybridized carbons (Fsp3) is 0.533. The Kier molecular flexibility index (Phi) is 4.56. The lowest BCUT2D eigenvalue weighted by Gasteiger charge is -2.29. The lowest BCUT2D eigenvalue weighted by molar-refractivity contribution is -0.121. The van der Waals surface area contributed by atoms with Crippen LogP contribution in [0.3, 0.4) is 0 Å². The van der Waals surface area contributed by atoms with Gasteiger partial charge in [0.1, 0.15) is 0 Å². The van der Waals surface area contributed by atoms with Gasteiger partial charge < -0.3 is 15.4 Å². The summed E-state index contributed by atoms with van der Waals surface area (Å²) in [6.45, 7) is 3.44. The molecule has 0 bridgehead atoms. The summed E-state index contributed by atoms with van der Waals surface area (Å²) in [5, 5.41) is 0. The van der Waals surface area contributed by atoms with Crippen LogP contribution >= 0.6 is 0 Å². The second-order valence-electron chi connectivity index (χ2n) is 5.21. The van der Waals surface area contributed by atoms with Crippen LogP contribution in [0.5, 0.6) is 0 Å². The molecule has 2 N–H and O–H groups in total. The number of carbonyl (C=O) groups is 1. The molecule has 1 unspecified atom stereocenters. The molecule has 1 aromatic rings. The fourth-order valence-corrected chi connectivity index (χ4v) is 2.40. The van der Waals surface area contributed by atoms with Crippen molar-refractivity contribution in [3.63, 3.8) is 0 Å². The van der Waals surface area contributed by atoms with E-state index in [4.69, 9.17) is 10.5 Å². The average molecular weight is 262 g/mol. The highest BCUT2D eigenvalue weighted by Gasteiger charge is 2.29. The number of hydrogen-bond donors (Lipinski definition) is 1. The van der Waals surface area contributed by atoms with E-state index in [2.05, 4.69) is 0 Å². The van der Waals surface area contributed by atoms with Gasteiger partial charge in [-0.3, -0.25) is 4.79 Å². The van der Waals surface area contributed by atoms with Gasteiger partial charge in [0.2, 0.25) is 5.91 Å². The summed E-state index contributed by atoms with van der Waals surface area (Å²) in [5.41, 5.74) is 8.18. The minimum absolute atomic E-state index is 0.0178. The molecule has 0 aromatic heterocycles. The van der Waals surface area contributed by atoms with Crippen molar-refractivity contribution in [1.29, 1.82) is 0 Å². The first-order valence-corrected chi connectivity index (χ1v) is 6.77. The molecule has 1 saturated heterocycles. The summed E-state index contributed by atoms with van der Waals surface area (Å²) in [6, 6.07) is 7.46. The molecular formula is C15H22N2O2. The van der Waals surface area contributed by atoms with Crippen molar-refractivity contribution in [3.05, 3.63) is 29.8 Å². The quantitative estimate of drug-likeness (QED) is 0.902. The molecule has 2 rings (SSSR count). The largest absolute Gasteiger partial charge is 0.381 e. The number of anilines is 1. The van der Waals surface area contributed by atoms with Gasteiger partial charge in [0.25, 0.3) is 0 Å². The SMILES string of the molecule is Cc1ccc(N(C)C(=O)C(N)C2CCOCC2)cc1. The van der Waals surface area contributed by atoms with E-state index >= 15 is 0 Å². The standard InChI is InChI=1S/C15H22N2O2/c1-11-3-5-13(6-4-11)17(2)15(18)14(16)12-7-9-19-10-8-12/h3-6,12,14H,7-10,16H2,1-2H3. The molecule has 104 valence electrons. The molecule has 0 spiro atoms. The summed E-state index contributed by atoms with van der Waals surface area (Å²) in [7, 11) is 1.78. The molecule has 1 aliphatic heterocycles. The smallest absolute Gasteiger partial charge is 0.243 e. The van der Waals surface area contributed by atoms with Gasteiger partial charge in [0.15, 0.2) is 0 Å². The number of rotatable bonds is 3. The molecule has 1 aliphatic rings. The Morgan fingerprint density at radius 3 is 2.47 bits per heavy atom. The monoisotopic (exact) mass is 262 g/mol. The highest BCUT2D eigenvalue weighted by Crippen LogP contribution is 2.21. The molecule has 0 radical (unpaired) electrons. The van der Waals surface area contributed by atoms with Crippen molar-refractivity contribution in [2.45, 2.75) is 25.8 Å². The maximum absolute atomic E-state index is 12.4. The summed E-state index contributed by atoms with van der Waals surface area (Å²) >= 11 is 0. The number of aryl methyl sites for hydroxylation is 1. The fourth-order valence-electron chi connectivity index (χ4n) is 2.40. The topological polar surface area (TPSA) is 55.6 Å². The van der Waals surface area contributed by atoms with Gasteiger partial charge in [-0.25, -0.2) is 0 Å². The number of hydrogen-bond acceptors (Lipinski definition) is 3. The first kappa shape index (κ1) is 14.0. The summed E-state index contributed by atoms with van der Waals surface area (Å²) < 4.78 is 5.31. The van der Waals surface area contributed by atoms with Crippen molar-refractivity contribution >= 4 is 11.6 Å². The zero-order chi connectivity index (χ0) is 13.8. The zero-order valence-electron chi connectivity index (χ0n) is 11.6. The van der Waals surface area contributed by atoms with Gasteiger partial charge in [-0.15, -0.1) is 0 Å². The Balaban J connectivity index is 2.03. The number of nitrogens with two attached hydrogens (primary N) is 1. The lowest BCUT2D eigenvalue weighted by atomic mass is 9.91. The number of nitrogens with zero attached hydrogens (tertiary/aromatic N) is 1. The zero-order valence-corrected chi connectivity index (χ0v) is 11.6. The summed E-state index contributed by atoms with van der Waals surface area (Å²) in [5.74, 6) is 0.213. The Labute approximate surface area is 114 Å². The molecular weight excluding hydrogens is 240 g/mol. The van der Waals surface area contributed by atoms with Crippen LogP contribution in [0.4, 0.5) is 5.69 Å². The van der Waals surface area contributed by atoms with Gasteiger partial charge in [0.05, 0.1) is 6.04 Å². The minimum atomic E-state index is -0.435. The number of likely N-dealkylation sites (N-methyl/N-ethyl adjacent to an activating group) is 1. The predicted molar refractivity (Wildman–Crippen MR) is 76.1 cm³/mol. The van der Waals surface area contributed by atoms with Crippen LogP contribution in [0.15, 0.2) is 24.3 Å². The highest BCUT2D eigenvalue weighted by atomic mass is 16.5. The lowest BCUT2D eigenvalue weighted by Crippen LogP contribution is -2.47. The van der Waals surface area contributed by atoms with Crippen molar-refractivity contribution < 1.29 is 9.53 Å². The van der Waals surface area contributed by atoms with E-state index in [0.717, 1.165) is 18.5 Å². The van der Waals surface area contributed by atoms with Crippen LogP contribution in [-0.4, -0.2) is 32.2 Å². The number of amides is 1. The van der Waals surface area contributed by atoms with Crippen LogP contribution in [0.2, 0.25) is 0 Å². The Hall–Kier alpha value is -1.39. The Bertz CT molecular complexity index is 424. The molecule has 4 heteroatoms. The second-order valence-corrected chi connectivity index (χ2v) is 5.21. The third kappa shape index (κ3) is 3.33. The first-order chi connectivity index (χ1) is 9.09. The van der Waals surface area contributed by atoms with Gasteiger partial charge in [0, 0.05) is 25.9 Å². The number of carbonyl (C=O) groups excluding carboxylic acids is 1. The van der Waals surface area contributed by atoms with Crippen molar-refractivity contribution in [2.24, 2.45) is 11.7 Å². The third-order valence-electron chi connectivity index (χ3n) is 3.81. The molecule has 19 heavy (non-hydrogen) atoms. The summed E-state index contributed by atoms with van der Waals surface area (Å²) in [6.07, 6.45) is 1.74. The van der Waals surface area contributed by atoms with Gasteiger partial charge in [-0.1, -0.05) is 17.7 Å². The van der Waals surface area contributed by atoms with Crippen molar-refractivity contribution in [2.75, 3.05) is 25.2 Å². The summed E-state index contributed by atoms with van der Waals surface area (Å²) in [4.78, 5) is 14.0. The maximum Gasteiger partial charge on any atom is 0.243 e. The van der Waals surface area contributed by atoms with E-state index in [1.807, 2.05) is 31.2 Å². The normalized spacial score (nSPS) is 18.1. The molecule has 4 nitrogen and oxygen atoms in total. The van der Waals surface area contributed by atoms with Crippen LogP contribution in [0.25, 0.3) is 0 Å². The number of ether oxygens (including phenoxy) is 1. The molecule has 0 aliphatic carbocycles. The van der Waals surface area contributed by atoms with E-state index in [0.29, 0.717) is 13.2 Å². The minimum Gasteiger partial charge on any atom is -0.381 e. The molecule has 1 heterocycles. The second kappa shape index (κ2) is 6.17. The maximum atomic E-state index is 12.4. The first-order valence-electron chi connectivity index (χ1n) is 6.77. The molecule has 1 fully saturated rings. The molecule has 1 atom stereocenters.